The predicted molar refractivity (Wildman–Crippen MR) is 68.5 cm³/mol. The molecule has 96 valence electrons. The van der Waals surface area contributed by atoms with Gasteiger partial charge in [0.15, 0.2) is 0 Å². The fraction of sp³-hybridized carbons (Fsp3) is 0. The summed E-state index contributed by atoms with van der Waals surface area (Å²) in [6.07, 6.45) is 5.25. The van der Waals surface area contributed by atoms with Gasteiger partial charge in [0.25, 0.3) is 5.91 Å². The van der Waals surface area contributed by atoms with Gasteiger partial charge in [-0.3, -0.25) is 9.78 Å². The summed E-state index contributed by atoms with van der Waals surface area (Å²) in [5.41, 5.74) is 2.42. The maximum absolute atomic E-state index is 13.4. The first-order valence-electron chi connectivity index (χ1n) is 5.22. The molecule has 0 saturated heterocycles. The maximum Gasteiger partial charge on any atom is 0.291 e. The molecule has 1 aromatic carbocycles. The third-order valence-corrected chi connectivity index (χ3v) is 2.48. The van der Waals surface area contributed by atoms with Gasteiger partial charge < -0.3 is 0 Å². The monoisotopic (exact) mass is 278 g/mol. The highest BCUT2D eigenvalue weighted by Gasteiger charge is 2.06. The van der Waals surface area contributed by atoms with Crippen LogP contribution in [0.1, 0.15) is 16.1 Å². The van der Waals surface area contributed by atoms with E-state index in [2.05, 4.69) is 20.5 Å². The topological polar surface area (TPSA) is 67.2 Å². The lowest BCUT2D eigenvalue weighted by molar-refractivity contribution is 0.0949. The largest absolute Gasteiger partial charge is 0.291 e. The van der Waals surface area contributed by atoms with Gasteiger partial charge in [-0.2, -0.15) is 5.10 Å². The van der Waals surface area contributed by atoms with Gasteiger partial charge in [-0.15, -0.1) is 0 Å². The van der Waals surface area contributed by atoms with E-state index in [9.17, 15) is 9.18 Å². The first-order chi connectivity index (χ1) is 9.18. The van der Waals surface area contributed by atoms with Crippen molar-refractivity contribution >= 4 is 23.7 Å². The molecule has 0 unspecified atom stereocenters. The normalized spacial score (nSPS) is 10.6. The van der Waals surface area contributed by atoms with Crippen molar-refractivity contribution in [3.63, 3.8) is 0 Å². The fourth-order valence-electron chi connectivity index (χ4n) is 1.26. The second kappa shape index (κ2) is 6.01. The quantitative estimate of drug-likeness (QED) is 0.690. The van der Waals surface area contributed by atoms with Gasteiger partial charge in [0.1, 0.15) is 11.5 Å². The van der Waals surface area contributed by atoms with Crippen LogP contribution in [-0.2, 0) is 0 Å². The van der Waals surface area contributed by atoms with Crippen LogP contribution in [0, 0.1) is 5.82 Å². The van der Waals surface area contributed by atoms with E-state index in [1.807, 2.05) is 0 Å². The molecule has 1 heterocycles. The lowest BCUT2D eigenvalue weighted by atomic mass is 10.2. The summed E-state index contributed by atoms with van der Waals surface area (Å²) in [7, 11) is 0. The highest BCUT2D eigenvalue weighted by molar-refractivity contribution is 6.33. The van der Waals surface area contributed by atoms with Crippen LogP contribution in [0.5, 0.6) is 0 Å². The molecule has 5 nitrogen and oxygen atoms in total. The molecule has 2 aromatic rings. The third kappa shape index (κ3) is 3.32. The summed E-state index contributed by atoms with van der Waals surface area (Å²) in [6, 6.07) is 4.25. The molecule has 0 aliphatic carbocycles. The molecule has 19 heavy (non-hydrogen) atoms. The van der Waals surface area contributed by atoms with E-state index < -0.39 is 11.7 Å². The number of hydrogen-bond donors (Lipinski definition) is 1. The number of carbonyl (C=O) groups is 1. The van der Waals surface area contributed by atoms with Gasteiger partial charge in [-0.05, 0) is 12.1 Å². The molecule has 0 aliphatic heterocycles. The summed E-state index contributed by atoms with van der Waals surface area (Å²) in [4.78, 5) is 19.1. The van der Waals surface area contributed by atoms with Crippen molar-refractivity contribution in [1.82, 2.24) is 15.4 Å². The van der Waals surface area contributed by atoms with Gasteiger partial charge in [0, 0.05) is 18.0 Å². The highest BCUT2D eigenvalue weighted by atomic mass is 35.5. The average Bonchev–Trinajstić information content (AvgIpc) is 2.43. The van der Waals surface area contributed by atoms with Crippen LogP contribution in [0.3, 0.4) is 0 Å². The Hall–Kier alpha value is -2.34. The van der Waals surface area contributed by atoms with Gasteiger partial charge in [0.05, 0.1) is 17.4 Å². The molecule has 1 amide bonds. The zero-order valence-electron chi connectivity index (χ0n) is 9.55. The molecule has 0 radical (unpaired) electrons. The highest BCUT2D eigenvalue weighted by Crippen LogP contribution is 2.16. The molecule has 7 heteroatoms. The number of benzene rings is 1. The van der Waals surface area contributed by atoms with Crippen LogP contribution >= 0.6 is 11.6 Å². The molecule has 0 spiro atoms. The number of rotatable bonds is 3. The first-order valence-corrected chi connectivity index (χ1v) is 5.59. The van der Waals surface area contributed by atoms with E-state index in [-0.39, 0.29) is 16.3 Å². The fourth-order valence-corrected chi connectivity index (χ4v) is 1.47. The van der Waals surface area contributed by atoms with Crippen molar-refractivity contribution in [2.75, 3.05) is 0 Å². The summed E-state index contributed by atoms with van der Waals surface area (Å²) >= 11 is 5.80. The second-order valence-electron chi connectivity index (χ2n) is 3.43. The Bertz CT molecular complexity index is 598. The molecule has 0 aliphatic rings. The lowest BCUT2D eigenvalue weighted by Crippen LogP contribution is -2.19. The van der Waals surface area contributed by atoms with E-state index >= 15 is 0 Å². The number of amides is 1. The molecule has 1 N–H and O–H groups in total. The Morgan fingerprint density at radius 2 is 2.26 bits per heavy atom. The van der Waals surface area contributed by atoms with Crippen molar-refractivity contribution in [2.45, 2.75) is 0 Å². The molecule has 0 fully saturated rings. The van der Waals surface area contributed by atoms with Crippen molar-refractivity contribution in [3.05, 3.63) is 58.9 Å². The molecule has 0 bridgehead atoms. The number of carbonyl (C=O) groups excluding carboxylic acids is 1. The van der Waals surface area contributed by atoms with Crippen LogP contribution in [0.4, 0.5) is 4.39 Å². The number of halogens is 2. The zero-order valence-corrected chi connectivity index (χ0v) is 10.3. The standard InChI is InChI=1S/C12H8ClFN4O/c13-9-2-1-3-10(14)8(9)6-17-18-12(19)11-7-15-4-5-16-11/h1-7H,(H,18,19)/b17-6+. The number of hydrazone groups is 1. The van der Waals surface area contributed by atoms with E-state index in [0.717, 1.165) is 6.21 Å². The van der Waals surface area contributed by atoms with Gasteiger partial charge in [-0.25, -0.2) is 14.8 Å². The van der Waals surface area contributed by atoms with Gasteiger partial charge in [0.2, 0.25) is 0 Å². The maximum atomic E-state index is 13.4. The van der Waals surface area contributed by atoms with Crippen LogP contribution in [0.2, 0.25) is 5.02 Å². The van der Waals surface area contributed by atoms with E-state index in [4.69, 9.17) is 11.6 Å². The minimum atomic E-state index is -0.545. The zero-order chi connectivity index (χ0) is 13.7. The SMILES string of the molecule is O=C(N/N=C/c1c(F)cccc1Cl)c1cnccn1. The summed E-state index contributed by atoms with van der Waals surface area (Å²) in [6.45, 7) is 0. The minimum absolute atomic E-state index is 0.101. The van der Waals surface area contributed by atoms with Crippen molar-refractivity contribution in [2.24, 2.45) is 5.10 Å². The summed E-state index contributed by atoms with van der Waals surface area (Å²) < 4.78 is 13.4. The molecular formula is C12H8ClFN4O. The Morgan fingerprint density at radius 1 is 1.42 bits per heavy atom. The molecule has 0 atom stereocenters. The number of nitrogens with one attached hydrogen (secondary N) is 1. The smallest absolute Gasteiger partial charge is 0.265 e. The Morgan fingerprint density at radius 3 is 2.95 bits per heavy atom. The van der Waals surface area contributed by atoms with E-state index in [0.29, 0.717) is 0 Å². The van der Waals surface area contributed by atoms with Crippen molar-refractivity contribution in [1.29, 1.82) is 0 Å². The van der Waals surface area contributed by atoms with Gasteiger partial charge >= 0.3 is 0 Å². The third-order valence-electron chi connectivity index (χ3n) is 2.16. The van der Waals surface area contributed by atoms with Crippen molar-refractivity contribution in [3.8, 4) is 0 Å². The lowest BCUT2D eigenvalue weighted by Gasteiger charge is -2.00. The van der Waals surface area contributed by atoms with E-state index in [1.54, 1.807) is 0 Å². The van der Waals surface area contributed by atoms with Crippen LogP contribution in [0.15, 0.2) is 41.9 Å². The first kappa shape index (κ1) is 13.1. The summed E-state index contributed by atoms with van der Waals surface area (Å²) in [5.74, 6) is -1.07. The van der Waals surface area contributed by atoms with E-state index in [1.165, 1.54) is 36.8 Å². The molecular weight excluding hydrogens is 271 g/mol. The minimum Gasteiger partial charge on any atom is -0.265 e. The van der Waals surface area contributed by atoms with Crippen LogP contribution in [-0.4, -0.2) is 22.1 Å². The second-order valence-corrected chi connectivity index (χ2v) is 3.83. The Balaban J connectivity index is 2.07. The van der Waals surface area contributed by atoms with Crippen LogP contribution in [0.25, 0.3) is 0 Å². The Kier molecular flexibility index (Phi) is 4.15. The van der Waals surface area contributed by atoms with Crippen LogP contribution < -0.4 is 5.43 Å². The number of nitrogens with zero attached hydrogens (tertiary/aromatic N) is 3. The average molecular weight is 279 g/mol. The number of hydrogen-bond acceptors (Lipinski definition) is 4. The van der Waals surface area contributed by atoms with Crippen molar-refractivity contribution < 1.29 is 9.18 Å². The predicted octanol–water partition coefficient (Wildman–Crippen LogP) is 2.03. The molecule has 1 aromatic heterocycles. The summed E-state index contributed by atoms with van der Waals surface area (Å²) in [5, 5.41) is 3.83. The number of aromatic nitrogens is 2. The Labute approximate surface area is 113 Å². The van der Waals surface area contributed by atoms with Gasteiger partial charge in [-0.1, -0.05) is 17.7 Å². The molecule has 0 saturated carbocycles. The molecule has 2 rings (SSSR count).